The highest BCUT2D eigenvalue weighted by Crippen LogP contribution is 2.34. The van der Waals surface area contributed by atoms with Gasteiger partial charge in [-0.15, -0.1) is 12.4 Å². The normalized spacial score (nSPS) is 10.8. The SMILES string of the molecule is Cl.N#CCn1cc(-c2ccc(CN)c(C(F)(F)F)c2)cn1. The maximum absolute atomic E-state index is 12.9. The molecule has 0 aliphatic heterocycles. The summed E-state index contributed by atoms with van der Waals surface area (Å²) in [5, 5.41) is 12.5. The van der Waals surface area contributed by atoms with Gasteiger partial charge in [-0.05, 0) is 17.2 Å². The summed E-state index contributed by atoms with van der Waals surface area (Å²) in [6.45, 7) is -0.129. The molecular formula is C13H12ClF3N4. The molecule has 1 aromatic heterocycles. The van der Waals surface area contributed by atoms with Crippen molar-refractivity contribution in [3.63, 3.8) is 0 Å². The van der Waals surface area contributed by atoms with Gasteiger partial charge in [0.05, 0.1) is 17.8 Å². The Morgan fingerprint density at radius 2 is 2.00 bits per heavy atom. The van der Waals surface area contributed by atoms with Gasteiger partial charge in [0.15, 0.2) is 0 Å². The molecule has 0 fully saturated rings. The molecule has 0 aliphatic rings. The summed E-state index contributed by atoms with van der Waals surface area (Å²) in [6, 6.07) is 5.88. The van der Waals surface area contributed by atoms with Gasteiger partial charge in [-0.1, -0.05) is 12.1 Å². The number of nitrogens with two attached hydrogens (primary N) is 1. The topological polar surface area (TPSA) is 67.6 Å². The van der Waals surface area contributed by atoms with Crippen LogP contribution in [0, 0.1) is 11.3 Å². The molecule has 0 saturated heterocycles. The molecule has 4 nitrogen and oxygen atoms in total. The summed E-state index contributed by atoms with van der Waals surface area (Å²) in [5.74, 6) is 0. The van der Waals surface area contributed by atoms with E-state index in [0.717, 1.165) is 6.07 Å². The van der Waals surface area contributed by atoms with Crippen LogP contribution < -0.4 is 5.73 Å². The Hall–Kier alpha value is -2.04. The van der Waals surface area contributed by atoms with E-state index in [9.17, 15) is 13.2 Å². The molecule has 0 unspecified atom stereocenters. The molecule has 0 spiro atoms. The number of nitrogens with zero attached hydrogens (tertiary/aromatic N) is 3. The van der Waals surface area contributed by atoms with Gasteiger partial charge in [0.25, 0.3) is 0 Å². The fourth-order valence-corrected chi connectivity index (χ4v) is 1.87. The van der Waals surface area contributed by atoms with E-state index in [1.807, 2.05) is 6.07 Å². The molecule has 0 aliphatic carbocycles. The molecule has 1 aromatic carbocycles. The summed E-state index contributed by atoms with van der Waals surface area (Å²) < 4.78 is 40.2. The molecule has 0 saturated carbocycles. The highest BCUT2D eigenvalue weighted by atomic mass is 35.5. The molecule has 0 atom stereocenters. The maximum Gasteiger partial charge on any atom is 0.416 e. The molecule has 0 bridgehead atoms. The van der Waals surface area contributed by atoms with Crippen LogP contribution >= 0.6 is 12.4 Å². The van der Waals surface area contributed by atoms with E-state index in [-0.39, 0.29) is 31.1 Å². The van der Waals surface area contributed by atoms with Gasteiger partial charge in [-0.25, -0.2) is 0 Å². The first-order valence-electron chi connectivity index (χ1n) is 5.75. The third kappa shape index (κ3) is 3.74. The van der Waals surface area contributed by atoms with E-state index in [0.29, 0.717) is 11.1 Å². The van der Waals surface area contributed by atoms with Crippen LogP contribution in [0.1, 0.15) is 11.1 Å². The third-order valence-corrected chi connectivity index (χ3v) is 2.83. The van der Waals surface area contributed by atoms with Crippen LogP contribution in [-0.2, 0) is 19.3 Å². The first-order valence-corrected chi connectivity index (χ1v) is 5.75. The Labute approximate surface area is 125 Å². The number of rotatable bonds is 3. The number of benzene rings is 1. The van der Waals surface area contributed by atoms with Gasteiger partial charge in [0.2, 0.25) is 0 Å². The highest BCUT2D eigenvalue weighted by molar-refractivity contribution is 5.85. The van der Waals surface area contributed by atoms with Crippen LogP contribution in [0.25, 0.3) is 11.1 Å². The van der Waals surface area contributed by atoms with Crippen LogP contribution in [0.4, 0.5) is 13.2 Å². The van der Waals surface area contributed by atoms with Crippen LogP contribution in [0.5, 0.6) is 0 Å². The van der Waals surface area contributed by atoms with Crippen LogP contribution in [-0.4, -0.2) is 9.78 Å². The lowest BCUT2D eigenvalue weighted by atomic mass is 10.0. The fourth-order valence-electron chi connectivity index (χ4n) is 1.87. The second kappa shape index (κ2) is 6.61. The van der Waals surface area contributed by atoms with Crippen LogP contribution in [0.3, 0.4) is 0 Å². The smallest absolute Gasteiger partial charge is 0.326 e. The standard InChI is InChI=1S/C13H11F3N4.ClH/c14-13(15,16)12-5-9(1-2-10(12)6-18)11-7-19-20(8-11)4-3-17;/h1-2,5,7-8H,4,6,18H2;1H. The Morgan fingerprint density at radius 3 is 2.57 bits per heavy atom. The summed E-state index contributed by atoms with van der Waals surface area (Å²) in [6.07, 6.45) is -1.50. The Bertz CT molecular complexity index is 658. The second-order valence-electron chi connectivity index (χ2n) is 4.16. The second-order valence-corrected chi connectivity index (χ2v) is 4.16. The Kier molecular flexibility index (Phi) is 5.35. The minimum absolute atomic E-state index is 0. The number of alkyl halides is 3. The minimum atomic E-state index is -4.45. The largest absolute Gasteiger partial charge is 0.416 e. The average Bonchev–Trinajstić information content (AvgIpc) is 2.86. The predicted octanol–water partition coefficient (Wildman–Crippen LogP) is 2.97. The van der Waals surface area contributed by atoms with E-state index < -0.39 is 11.7 Å². The Morgan fingerprint density at radius 1 is 1.29 bits per heavy atom. The van der Waals surface area contributed by atoms with Gasteiger partial charge in [-0.2, -0.15) is 23.5 Å². The van der Waals surface area contributed by atoms with E-state index >= 15 is 0 Å². The van der Waals surface area contributed by atoms with Gasteiger partial charge >= 0.3 is 6.18 Å². The van der Waals surface area contributed by atoms with Crippen molar-refractivity contribution in [2.75, 3.05) is 0 Å². The molecule has 112 valence electrons. The number of halogens is 4. The molecule has 2 rings (SSSR count). The zero-order chi connectivity index (χ0) is 14.8. The molecule has 0 amide bonds. The van der Waals surface area contributed by atoms with Gasteiger partial charge in [0.1, 0.15) is 6.54 Å². The van der Waals surface area contributed by atoms with Crippen molar-refractivity contribution < 1.29 is 13.2 Å². The maximum atomic E-state index is 12.9. The number of nitriles is 1. The first kappa shape index (κ1) is 17.0. The van der Waals surface area contributed by atoms with E-state index in [2.05, 4.69) is 5.10 Å². The van der Waals surface area contributed by atoms with Crippen LogP contribution in [0.15, 0.2) is 30.6 Å². The zero-order valence-electron chi connectivity index (χ0n) is 10.8. The van der Waals surface area contributed by atoms with Crippen molar-refractivity contribution in [1.82, 2.24) is 9.78 Å². The van der Waals surface area contributed by atoms with Crippen molar-refractivity contribution in [3.8, 4) is 17.2 Å². The Balaban J connectivity index is 0.00000220. The molecule has 1 heterocycles. The summed E-state index contributed by atoms with van der Waals surface area (Å²) >= 11 is 0. The van der Waals surface area contributed by atoms with Crippen molar-refractivity contribution >= 4 is 12.4 Å². The number of hydrogen-bond donors (Lipinski definition) is 1. The summed E-state index contributed by atoms with van der Waals surface area (Å²) in [7, 11) is 0. The zero-order valence-corrected chi connectivity index (χ0v) is 11.6. The lowest BCUT2D eigenvalue weighted by Gasteiger charge is -2.12. The predicted molar refractivity (Wildman–Crippen MR) is 73.4 cm³/mol. The molecule has 2 N–H and O–H groups in total. The third-order valence-electron chi connectivity index (χ3n) is 2.83. The molecule has 8 heteroatoms. The van der Waals surface area contributed by atoms with E-state index in [1.165, 1.54) is 23.1 Å². The highest BCUT2D eigenvalue weighted by Gasteiger charge is 2.33. The summed E-state index contributed by atoms with van der Waals surface area (Å²) in [5.41, 5.74) is 5.54. The van der Waals surface area contributed by atoms with Gasteiger partial charge < -0.3 is 5.73 Å². The molecule has 2 aromatic rings. The number of aromatic nitrogens is 2. The van der Waals surface area contributed by atoms with Crippen molar-refractivity contribution in [1.29, 1.82) is 5.26 Å². The van der Waals surface area contributed by atoms with Crippen molar-refractivity contribution in [2.45, 2.75) is 19.3 Å². The fraction of sp³-hybridized carbons (Fsp3) is 0.231. The van der Waals surface area contributed by atoms with E-state index in [4.69, 9.17) is 11.0 Å². The lowest BCUT2D eigenvalue weighted by Crippen LogP contribution is -2.12. The number of hydrogen-bond acceptors (Lipinski definition) is 3. The monoisotopic (exact) mass is 316 g/mol. The first-order chi connectivity index (χ1) is 9.45. The minimum Gasteiger partial charge on any atom is -0.326 e. The lowest BCUT2D eigenvalue weighted by molar-refractivity contribution is -0.138. The molecule has 21 heavy (non-hydrogen) atoms. The summed E-state index contributed by atoms with van der Waals surface area (Å²) in [4.78, 5) is 0. The van der Waals surface area contributed by atoms with Crippen LogP contribution in [0.2, 0.25) is 0 Å². The van der Waals surface area contributed by atoms with Gasteiger partial charge in [-0.3, -0.25) is 4.68 Å². The quantitative estimate of drug-likeness (QED) is 0.946. The van der Waals surface area contributed by atoms with Gasteiger partial charge in [0, 0.05) is 18.3 Å². The molecule has 0 radical (unpaired) electrons. The van der Waals surface area contributed by atoms with Crippen molar-refractivity contribution in [2.24, 2.45) is 5.73 Å². The van der Waals surface area contributed by atoms with Crippen molar-refractivity contribution in [3.05, 3.63) is 41.7 Å². The van der Waals surface area contributed by atoms with E-state index in [1.54, 1.807) is 6.07 Å². The molecular weight excluding hydrogens is 305 g/mol. The average molecular weight is 317 g/mol.